The van der Waals surface area contributed by atoms with Gasteiger partial charge in [-0.3, -0.25) is 0 Å². The zero-order valence-corrected chi connectivity index (χ0v) is 19.8. The smallest absolute Gasteiger partial charge is 0.0793 e. The zero-order chi connectivity index (χ0) is 21.9. The molecule has 0 heterocycles. The van der Waals surface area contributed by atoms with Crippen molar-refractivity contribution in [3.63, 3.8) is 0 Å². The summed E-state index contributed by atoms with van der Waals surface area (Å²) in [5.41, 5.74) is 4.11. The lowest BCUT2D eigenvalue weighted by Gasteiger charge is -2.13. The zero-order valence-electron chi connectivity index (χ0n) is 19.8. The van der Waals surface area contributed by atoms with Gasteiger partial charge in [0.05, 0.1) is 6.10 Å². The van der Waals surface area contributed by atoms with Gasteiger partial charge in [-0.2, -0.15) is 0 Å². The molecule has 0 aromatic heterocycles. The van der Waals surface area contributed by atoms with Gasteiger partial charge in [-0.1, -0.05) is 99.6 Å². The molecular weight excluding hydrogens is 340 g/mol. The summed E-state index contributed by atoms with van der Waals surface area (Å²) in [7, 11) is 1.76. The van der Waals surface area contributed by atoms with Crippen molar-refractivity contribution in [3.8, 4) is 0 Å². The van der Waals surface area contributed by atoms with Gasteiger partial charge in [-0.25, -0.2) is 0 Å². The van der Waals surface area contributed by atoms with Crippen molar-refractivity contribution < 1.29 is 4.74 Å². The summed E-state index contributed by atoms with van der Waals surface area (Å²) in [4.78, 5) is 0. The van der Waals surface area contributed by atoms with Crippen LogP contribution in [-0.4, -0.2) is 13.2 Å². The van der Waals surface area contributed by atoms with E-state index in [1.807, 2.05) is 58.1 Å². The van der Waals surface area contributed by atoms with E-state index in [2.05, 4.69) is 64.7 Å². The minimum atomic E-state index is 0.181. The average molecular weight is 385 g/mol. The lowest BCUT2D eigenvalue weighted by molar-refractivity contribution is 0.149. The van der Waals surface area contributed by atoms with Crippen LogP contribution in [0, 0.1) is 11.8 Å². The number of rotatable bonds is 7. The molecule has 0 saturated heterocycles. The first-order chi connectivity index (χ1) is 13.4. The molecule has 1 heteroatoms. The Morgan fingerprint density at radius 2 is 1.64 bits per heavy atom. The Morgan fingerprint density at radius 1 is 1.00 bits per heavy atom. The van der Waals surface area contributed by atoms with E-state index in [0.29, 0.717) is 11.8 Å². The fourth-order valence-electron chi connectivity index (χ4n) is 2.44. The van der Waals surface area contributed by atoms with Crippen molar-refractivity contribution in [3.05, 3.63) is 84.1 Å². The van der Waals surface area contributed by atoms with E-state index in [0.717, 1.165) is 6.42 Å². The molecule has 0 N–H and O–H groups in total. The molecule has 2 atom stereocenters. The van der Waals surface area contributed by atoms with Gasteiger partial charge in [0.15, 0.2) is 0 Å². The molecule has 1 rings (SSSR count). The number of ether oxygens (including phenoxy) is 1. The second kappa shape index (κ2) is 18.5. The lowest BCUT2D eigenvalue weighted by atomic mass is 9.97. The van der Waals surface area contributed by atoms with Crippen molar-refractivity contribution in [1.29, 1.82) is 0 Å². The summed E-state index contributed by atoms with van der Waals surface area (Å²) < 4.78 is 5.38. The van der Waals surface area contributed by atoms with E-state index in [1.165, 1.54) is 16.7 Å². The van der Waals surface area contributed by atoms with Crippen molar-refractivity contribution in [2.24, 2.45) is 11.8 Å². The standard InChI is InChI=1S/C14H22O.C11H16.C2H6/c1-10(2)13-7-6-11(3)8-14(9-13)12(4)15-5;1-4-7-8-10-11(6-3)9-5-2;1-2/h6,8-10,12H,7H2,1-5H3;4-11H,3H2,1-2H3;1-2H3/b;7-4-,9-5-,10-8?;. The Bertz CT molecular complexity index is 579. The normalized spacial score (nSPS) is 16.4. The predicted octanol–water partition coefficient (Wildman–Crippen LogP) is 8.40. The van der Waals surface area contributed by atoms with Gasteiger partial charge in [-0.05, 0) is 45.6 Å². The highest BCUT2D eigenvalue weighted by molar-refractivity contribution is 5.38. The highest BCUT2D eigenvalue weighted by atomic mass is 16.5. The number of hydrogen-bond donors (Lipinski definition) is 0. The minimum absolute atomic E-state index is 0.181. The predicted molar refractivity (Wildman–Crippen MR) is 130 cm³/mol. The molecule has 0 bridgehead atoms. The Kier molecular flexibility index (Phi) is 18.7. The Morgan fingerprint density at radius 3 is 2.11 bits per heavy atom. The van der Waals surface area contributed by atoms with Gasteiger partial charge in [0, 0.05) is 13.0 Å². The van der Waals surface area contributed by atoms with Crippen molar-refractivity contribution in [2.45, 2.75) is 67.9 Å². The molecule has 0 spiro atoms. The van der Waals surface area contributed by atoms with E-state index in [-0.39, 0.29) is 6.10 Å². The van der Waals surface area contributed by atoms with Crippen LogP contribution in [0.4, 0.5) is 0 Å². The summed E-state index contributed by atoms with van der Waals surface area (Å²) in [5, 5.41) is 0. The van der Waals surface area contributed by atoms with Gasteiger partial charge in [0.2, 0.25) is 0 Å². The Balaban J connectivity index is 0. The number of methoxy groups -OCH3 is 1. The van der Waals surface area contributed by atoms with Gasteiger partial charge in [0.1, 0.15) is 0 Å². The quantitative estimate of drug-likeness (QED) is 0.316. The van der Waals surface area contributed by atoms with E-state index in [9.17, 15) is 0 Å². The van der Waals surface area contributed by atoms with Gasteiger partial charge in [0.25, 0.3) is 0 Å². The Labute approximate surface area is 176 Å². The highest BCUT2D eigenvalue weighted by Crippen LogP contribution is 2.24. The summed E-state index contributed by atoms with van der Waals surface area (Å²) in [5.74, 6) is 0.982. The minimum Gasteiger partial charge on any atom is -0.377 e. The van der Waals surface area contributed by atoms with Crippen LogP contribution >= 0.6 is 0 Å². The van der Waals surface area contributed by atoms with Crippen LogP contribution < -0.4 is 0 Å². The molecule has 0 fully saturated rings. The molecular formula is C27H44O. The third kappa shape index (κ3) is 13.3. The van der Waals surface area contributed by atoms with Crippen LogP contribution in [-0.2, 0) is 4.74 Å². The van der Waals surface area contributed by atoms with Gasteiger partial charge in [-0.15, -0.1) is 6.58 Å². The molecule has 0 aliphatic heterocycles. The molecule has 158 valence electrons. The van der Waals surface area contributed by atoms with Crippen LogP contribution in [0.1, 0.15) is 61.8 Å². The fraction of sp³-hybridized carbons (Fsp3) is 0.481. The molecule has 0 amide bonds. The molecule has 1 nitrogen and oxygen atoms in total. The first kappa shape index (κ1) is 28.4. The maximum Gasteiger partial charge on any atom is 0.0793 e. The van der Waals surface area contributed by atoms with E-state index in [1.54, 1.807) is 7.11 Å². The molecule has 2 unspecified atom stereocenters. The second-order valence-corrected chi connectivity index (χ2v) is 6.80. The molecule has 0 aromatic carbocycles. The van der Waals surface area contributed by atoms with Crippen LogP contribution in [0.3, 0.4) is 0 Å². The van der Waals surface area contributed by atoms with Crippen molar-refractivity contribution in [2.75, 3.05) is 7.11 Å². The third-order valence-electron chi connectivity index (χ3n) is 4.29. The van der Waals surface area contributed by atoms with Crippen LogP contribution in [0.25, 0.3) is 0 Å². The maximum absolute atomic E-state index is 5.38. The Hall–Kier alpha value is -1.86. The van der Waals surface area contributed by atoms with Crippen molar-refractivity contribution in [1.82, 2.24) is 0 Å². The van der Waals surface area contributed by atoms with Crippen LogP contribution in [0.2, 0.25) is 0 Å². The average Bonchev–Trinajstić information content (AvgIpc) is 2.90. The fourth-order valence-corrected chi connectivity index (χ4v) is 2.44. The molecule has 1 aliphatic rings. The summed E-state index contributed by atoms with van der Waals surface area (Å²) in [6.07, 6.45) is 22.3. The van der Waals surface area contributed by atoms with Crippen LogP contribution in [0.15, 0.2) is 84.1 Å². The number of hydrogen-bond acceptors (Lipinski definition) is 1. The lowest BCUT2D eigenvalue weighted by Crippen LogP contribution is -2.08. The van der Waals surface area contributed by atoms with Gasteiger partial charge < -0.3 is 4.74 Å². The van der Waals surface area contributed by atoms with Crippen molar-refractivity contribution >= 4 is 0 Å². The second-order valence-electron chi connectivity index (χ2n) is 6.80. The van der Waals surface area contributed by atoms with Gasteiger partial charge >= 0.3 is 0 Å². The molecule has 0 radical (unpaired) electrons. The largest absolute Gasteiger partial charge is 0.377 e. The molecule has 28 heavy (non-hydrogen) atoms. The highest BCUT2D eigenvalue weighted by Gasteiger charge is 2.11. The molecule has 1 aliphatic carbocycles. The van der Waals surface area contributed by atoms with E-state index < -0.39 is 0 Å². The summed E-state index contributed by atoms with van der Waals surface area (Å²) >= 11 is 0. The molecule has 0 saturated carbocycles. The number of allylic oxidation sites excluding steroid dienone is 11. The topological polar surface area (TPSA) is 9.23 Å². The van der Waals surface area contributed by atoms with E-state index in [4.69, 9.17) is 4.74 Å². The SMILES string of the molecule is C=CC(C=C/C=C\C)/C=C\C.CC.COC(C)C1=CC(C)=CCC(C(C)C)=C1. The molecule has 0 aromatic rings. The monoisotopic (exact) mass is 384 g/mol. The summed E-state index contributed by atoms with van der Waals surface area (Å²) in [6, 6.07) is 0. The van der Waals surface area contributed by atoms with Crippen LogP contribution in [0.5, 0.6) is 0 Å². The maximum atomic E-state index is 5.38. The first-order valence-electron chi connectivity index (χ1n) is 10.6. The first-order valence-corrected chi connectivity index (χ1v) is 10.6. The third-order valence-corrected chi connectivity index (χ3v) is 4.29. The summed E-state index contributed by atoms with van der Waals surface area (Å²) in [6.45, 7) is 20.5. The van der Waals surface area contributed by atoms with E-state index >= 15 is 0 Å².